The van der Waals surface area contributed by atoms with Gasteiger partial charge in [0.1, 0.15) is 47.9 Å². The number of hydrogen-bond acceptors (Lipinski definition) is 10. The second kappa shape index (κ2) is 11.2. The van der Waals surface area contributed by atoms with E-state index in [1.165, 1.54) is 43.3 Å². The van der Waals surface area contributed by atoms with Gasteiger partial charge in [-0.2, -0.15) is 9.57 Å². The molecule has 4 N–H and O–H groups in total. The molecule has 1 saturated heterocycles. The molecule has 0 radical (unpaired) electrons. The highest BCUT2D eigenvalue weighted by molar-refractivity contribution is 7.89. The summed E-state index contributed by atoms with van der Waals surface area (Å²) in [4.78, 5) is 8.23. The number of aliphatic hydroxyl groups is 2. The summed E-state index contributed by atoms with van der Waals surface area (Å²) in [5, 5.41) is 31.6. The average molecular weight is 575 g/mol. The maximum atomic E-state index is 13.3. The molecular formula is C28H26N6O6S. The summed E-state index contributed by atoms with van der Waals surface area (Å²) in [6, 6.07) is 15.2. The zero-order valence-corrected chi connectivity index (χ0v) is 22.9. The molecule has 0 amide bonds. The van der Waals surface area contributed by atoms with Gasteiger partial charge in [0, 0.05) is 25.4 Å². The third-order valence-electron chi connectivity index (χ3n) is 6.80. The fraction of sp³-hybridized carbons (Fsp3) is 0.250. The van der Waals surface area contributed by atoms with Gasteiger partial charge in [0.05, 0.1) is 28.5 Å². The predicted molar refractivity (Wildman–Crippen MR) is 148 cm³/mol. The topological polar surface area (TPSA) is 177 Å². The summed E-state index contributed by atoms with van der Waals surface area (Å²) in [5.74, 6) is 6.54. The molecule has 3 heterocycles. The van der Waals surface area contributed by atoms with Crippen molar-refractivity contribution in [3.8, 4) is 23.7 Å². The van der Waals surface area contributed by atoms with E-state index in [2.05, 4.69) is 21.8 Å². The van der Waals surface area contributed by atoms with Crippen LogP contribution in [0.5, 0.6) is 5.75 Å². The lowest BCUT2D eigenvalue weighted by Gasteiger charge is -2.23. The molecule has 12 nitrogen and oxygen atoms in total. The molecule has 0 aliphatic carbocycles. The summed E-state index contributed by atoms with van der Waals surface area (Å²) >= 11 is 0. The maximum absolute atomic E-state index is 13.3. The first-order valence-corrected chi connectivity index (χ1v) is 13.8. The molecule has 0 bridgehead atoms. The molecule has 0 unspecified atom stereocenters. The number of benzene rings is 2. The molecule has 1 aliphatic heterocycles. The van der Waals surface area contributed by atoms with Gasteiger partial charge in [-0.05, 0) is 30.3 Å². The molecule has 0 spiro atoms. The van der Waals surface area contributed by atoms with Crippen LogP contribution < -0.4 is 10.5 Å². The Morgan fingerprint density at radius 1 is 1.12 bits per heavy atom. The first-order valence-electron chi connectivity index (χ1n) is 12.4. The number of ether oxygens (including phenoxy) is 2. The number of nitrogen functional groups attached to an aromatic ring is 1. The van der Waals surface area contributed by atoms with Crippen molar-refractivity contribution in [3.05, 3.63) is 77.7 Å². The van der Waals surface area contributed by atoms with E-state index in [9.17, 15) is 23.9 Å². The molecule has 0 saturated carbocycles. The monoisotopic (exact) mass is 574 g/mol. The lowest BCUT2D eigenvalue weighted by atomic mass is 10.1. The third-order valence-corrected chi connectivity index (χ3v) is 8.62. The molecule has 5 rings (SSSR count). The van der Waals surface area contributed by atoms with Gasteiger partial charge in [0.2, 0.25) is 10.0 Å². The van der Waals surface area contributed by atoms with Crippen LogP contribution in [0.1, 0.15) is 22.9 Å². The molecule has 4 aromatic rings. The van der Waals surface area contributed by atoms with E-state index in [1.807, 2.05) is 36.4 Å². The van der Waals surface area contributed by atoms with Crippen molar-refractivity contribution in [2.45, 2.75) is 29.4 Å². The smallest absolute Gasteiger partial charge is 0.242 e. The fourth-order valence-corrected chi connectivity index (χ4v) is 5.84. The summed E-state index contributed by atoms with van der Waals surface area (Å²) in [6.07, 6.45) is -2.21. The number of nitrogens with two attached hydrogens (primary N) is 1. The number of anilines is 1. The van der Waals surface area contributed by atoms with Crippen molar-refractivity contribution in [3.63, 3.8) is 0 Å². The molecule has 2 aromatic heterocycles. The van der Waals surface area contributed by atoms with Gasteiger partial charge in [-0.3, -0.25) is 0 Å². The number of aliphatic hydroxyl groups excluding tert-OH is 2. The van der Waals surface area contributed by atoms with Gasteiger partial charge in [-0.15, -0.1) is 0 Å². The van der Waals surface area contributed by atoms with E-state index in [0.29, 0.717) is 16.6 Å². The van der Waals surface area contributed by atoms with Crippen molar-refractivity contribution in [1.29, 1.82) is 5.26 Å². The summed E-state index contributed by atoms with van der Waals surface area (Å²) in [7, 11) is -1.39. The molecule has 41 heavy (non-hydrogen) atoms. The minimum absolute atomic E-state index is 0.0570. The van der Waals surface area contributed by atoms with Crippen molar-refractivity contribution in [1.82, 2.24) is 18.8 Å². The number of nitriles is 1. The highest BCUT2D eigenvalue weighted by Gasteiger charge is 2.45. The Bertz CT molecular complexity index is 1810. The van der Waals surface area contributed by atoms with E-state index in [-0.39, 0.29) is 28.6 Å². The van der Waals surface area contributed by atoms with Crippen LogP contribution in [0.3, 0.4) is 0 Å². The molecule has 210 valence electrons. The Hall–Kier alpha value is -4.50. The first kappa shape index (κ1) is 28.0. The zero-order chi connectivity index (χ0) is 29.3. The van der Waals surface area contributed by atoms with Crippen LogP contribution in [0.4, 0.5) is 5.82 Å². The van der Waals surface area contributed by atoms with Gasteiger partial charge >= 0.3 is 0 Å². The second-order valence-corrected chi connectivity index (χ2v) is 11.4. The van der Waals surface area contributed by atoms with Crippen molar-refractivity contribution < 1.29 is 28.1 Å². The first-order chi connectivity index (χ1) is 19.6. The number of fused-ring (bicyclic) bond motifs is 1. The number of hydrogen-bond donors (Lipinski definition) is 3. The Morgan fingerprint density at radius 2 is 1.88 bits per heavy atom. The zero-order valence-electron chi connectivity index (χ0n) is 22.0. The van der Waals surface area contributed by atoms with Crippen molar-refractivity contribution in [2.75, 3.05) is 26.4 Å². The average Bonchev–Trinajstić information content (AvgIpc) is 3.49. The molecule has 4 atom stereocenters. The number of sulfonamides is 1. The Labute approximate surface area is 236 Å². The van der Waals surface area contributed by atoms with Crippen LogP contribution in [0.15, 0.2) is 66.0 Å². The molecular weight excluding hydrogens is 548 g/mol. The van der Waals surface area contributed by atoms with Crippen LogP contribution in [0, 0.1) is 23.2 Å². The molecule has 13 heteroatoms. The van der Waals surface area contributed by atoms with Gasteiger partial charge in [-0.25, -0.2) is 18.4 Å². The minimum atomic E-state index is -4.09. The highest BCUT2D eigenvalue weighted by Crippen LogP contribution is 2.35. The standard InChI is InChI=1S/C28H26N6O6S/c1-33(41(37,38)20-10-11-21(39-2)19(12-20)13-29)15-22-24(35)25(36)28(40-22)34-14-18(9-8-17-6-4-3-5-7-17)23-26(30)31-16-32-27(23)34/h3-7,10-12,14,16,22,24-25,28,35-36H,15H2,1-2H3,(H2,30,31,32)/t22-,24-,25-,28-/m1/s1. The third kappa shape index (κ3) is 5.20. The normalized spacial score (nSPS) is 20.5. The molecule has 1 aliphatic rings. The van der Waals surface area contributed by atoms with E-state index in [0.717, 1.165) is 9.87 Å². The summed E-state index contributed by atoms with van der Waals surface area (Å²) in [6.45, 7) is -0.290. The lowest BCUT2D eigenvalue weighted by Crippen LogP contribution is -2.40. The van der Waals surface area contributed by atoms with E-state index in [4.69, 9.17) is 15.2 Å². The second-order valence-electron chi connectivity index (χ2n) is 9.33. The Kier molecular flexibility index (Phi) is 7.64. The van der Waals surface area contributed by atoms with Crippen LogP contribution in [-0.2, 0) is 14.8 Å². The summed E-state index contributed by atoms with van der Waals surface area (Å²) in [5.41, 5.74) is 7.80. The minimum Gasteiger partial charge on any atom is -0.495 e. The van der Waals surface area contributed by atoms with Crippen molar-refractivity contribution >= 4 is 26.9 Å². The maximum Gasteiger partial charge on any atom is 0.242 e. The van der Waals surface area contributed by atoms with Gasteiger partial charge in [0.25, 0.3) is 0 Å². The van der Waals surface area contributed by atoms with E-state index in [1.54, 1.807) is 6.20 Å². The van der Waals surface area contributed by atoms with Crippen LogP contribution >= 0.6 is 0 Å². The number of aromatic nitrogens is 3. The summed E-state index contributed by atoms with van der Waals surface area (Å²) < 4.78 is 40.1. The fourth-order valence-electron chi connectivity index (χ4n) is 4.63. The van der Waals surface area contributed by atoms with E-state index >= 15 is 0 Å². The predicted octanol–water partition coefficient (Wildman–Crippen LogP) is 1.23. The highest BCUT2D eigenvalue weighted by atomic mass is 32.2. The largest absolute Gasteiger partial charge is 0.495 e. The van der Waals surface area contributed by atoms with Crippen LogP contribution in [-0.4, -0.2) is 76.5 Å². The van der Waals surface area contributed by atoms with Gasteiger partial charge in [0.15, 0.2) is 6.23 Å². The Balaban J connectivity index is 1.43. The molecule has 2 aromatic carbocycles. The van der Waals surface area contributed by atoms with Gasteiger partial charge in [-0.1, -0.05) is 30.0 Å². The number of rotatable bonds is 6. The Morgan fingerprint density at radius 3 is 2.59 bits per heavy atom. The number of methoxy groups -OCH3 is 1. The van der Waals surface area contributed by atoms with E-state index < -0.39 is 34.6 Å². The van der Waals surface area contributed by atoms with Gasteiger partial charge < -0.3 is 30.0 Å². The number of nitrogens with zero attached hydrogens (tertiary/aromatic N) is 5. The number of likely N-dealkylation sites (N-methyl/N-ethyl adjacent to an activating group) is 1. The van der Waals surface area contributed by atoms with Crippen molar-refractivity contribution in [2.24, 2.45) is 0 Å². The van der Waals surface area contributed by atoms with Crippen LogP contribution in [0.2, 0.25) is 0 Å². The lowest BCUT2D eigenvalue weighted by molar-refractivity contribution is -0.0373. The molecule has 1 fully saturated rings. The van der Waals surface area contributed by atoms with Crippen LogP contribution in [0.25, 0.3) is 11.0 Å². The SMILES string of the molecule is COc1ccc(S(=O)(=O)N(C)C[C@H]2O[C@@H](n3cc(C#Cc4ccccc4)c4c(N)ncnc43)[C@H](O)[C@@H]2O)cc1C#N. The quantitative estimate of drug-likeness (QED) is 0.284.